The van der Waals surface area contributed by atoms with Crippen molar-refractivity contribution in [3.63, 3.8) is 0 Å². The van der Waals surface area contributed by atoms with Crippen LogP contribution in [0.1, 0.15) is 44.6 Å². The lowest BCUT2D eigenvalue weighted by Crippen LogP contribution is -2.40. The van der Waals surface area contributed by atoms with E-state index in [0.717, 1.165) is 11.3 Å². The molecule has 1 aromatic heterocycles. The van der Waals surface area contributed by atoms with Crippen LogP contribution >= 0.6 is 0 Å². The summed E-state index contributed by atoms with van der Waals surface area (Å²) in [6, 6.07) is 5.20. The Morgan fingerprint density at radius 2 is 2.10 bits per heavy atom. The van der Waals surface area contributed by atoms with Crippen molar-refractivity contribution in [2.24, 2.45) is 7.05 Å². The van der Waals surface area contributed by atoms with Crippen molar-refractivity contribution in [2.75, 3.05) is 26.9 Å². The van der Waals surface area contributed by atoms with Gasteiger partial charge in [-0.25, -0.2) is 0 Å². The lowest BCUT2D eigenvalue weighted by Gasteiger charge is -2.26. The van der Waals surface area contributed by atoms with Gasteiger partial charge in [0.15, 0.2) is 0 Å². The molecule has 0 aliphatic carbocycles. The Hall–Kier alpha value is -2.87. The number of nitrogens with zero attached hydrogens (tertiary/aromatic N) is 3. The van der Waals surface area contributed by atoms with Crippen LogP contribution in [0.3, 0.4) is 0 Å². The first-order valence-electron chi connectivity index (χ1n) is 9.67. The highest BCUT2D eigenvalue weighted by Crippen LogP contribution is 2.28. The van der Waals surface area contributed by atoms with Gasteiger partial charge in [0.2, 0.25) is 0 Å². The quantitative estimate of drug-likeness (QED) is 0.774. The van der Waals surface area contributed by atoms with E-state index in [-0.39, 0.29) is 17.9 Å². The fourth-order valence-corrected chi connectivity index (χ4v) is 3.49. The molecule has 1 aliphatic heterocycles. The maximum atomic E-state index is 13.3. The first-order valence-corrected chi connectivity index (χ1v) is 9.67. The molecule has 8 nitrogen and oxygen atoms in total. The highest BCUT2D eigenvalue weighted by atomic mass is 16.5. The summed E-state index contributed by atoms with van der Waals surface area (Å²) in [6.45, 7) is 7.33. The van der Waals surface area contributed by atoms with Crippen LogP contribution in [-0.2, 0) is 18.3 Å². The van der Waals surface area contributed by atoms with Crippen LogP contribution in [0.4, 0.5) is 0 Å². The van der Waals surface area contributed by atoms with E-state index in [9.17, 15) is 9.59 Å². The number of ether oxygens (including phenoxy) is 2. The van der Waals surface area contributed by atoms with Crippen molar-refractivity contribution in [1.29, 1.82) is 0 Å². The van der Waals surface area contributed by atoms with Gasteiger partial charge in [-0.3, -0.25) is 14.3 Å². The molecule has 8 heteroatoms. The minimum Gasteiger partial charge on any atom is -0.491 e. The zero-order valence-corrected chi connectivity index (χ0v) is 17.6. The molecule has 0 saturated heterocycles. The SMILES string of the molecule is COCCNC(=O)c1ccc2c(c1)CN(C(=O)c1c(C)nn(C)c1C)[C@@H](C)CO2. The molecule has 3 rings (SSSR count). The van der Waals surface area contributed by atoms with Crippen molar-refractivity contribution in [3.05, 3.63) is 46.3 Å². The number of nitrogens with one attached hydrogen (secondary N) is 1. The Balaban J connectivity index is 1.87. The van der Waals surface area contributed by atoms with Crippen molar-refractivity contribution in [1.82, 2.24) is 20.0 Å². The Morgan fingerprint density at radius 3 is 2.76 bits per heavy atom. The number of hydrogen-bond acceptors (Lipinski definition) is 5. The van der Waals surface area contributed by atoms with Crippen LogP contribution in [-0.4, -0.2) is 59.4 Å². The van der Waals surface area contributed by atoms with Gasteiger partial charge in [0, 0.05) is 37.5 Å². The summed E-state index contributed by atoms with van der Waals surface area (Å²) < 4.78 is 12.6. The number of amides is 2. The molecule has 0 radical (unpaired) electrons. The molecule has 0 fully saturated rings. The topological polar surface area (TPSA) is 85.7 Å². The van der Waals surface area contributed by atoms with Crippen molar-refractivity contribution >= 4 is 11.8 Å². The molecule has 1 N–H and O–H groups in total. The average molecular weight is 400 g/mol. The molecule has 1 atom stereocenters. The maximum Gasteiger partial charge on any atom is 0.258 e. The van der Waals surface area contributed by atoms with Crippen LogP contribution in [0.5, 0.6) is 5.75 Å². The van der Waals surface area contributed by atoms with Crippen LogP contribution in [0.2, 0.25) is 0 Å². The fraction of sp³-hybridized carbons (Fsp3) is 0.476. The molecule has 156 valence electrons. The van der Waals surface area contributed by atoms with E-state index >= 15 is 0 Å². The molecular weight excluding hydrogens is 372 g/mol. The maximum absolute atomic E-state index is 13.3. The van der Waals surface area contributed by atoms with E-state index in [1.54, 1.807) is 34.9 Å². The summed E-state index contributed by atoms with van der Waals surface area (Å²) >= 11 is 0. The Kier molecular flexibility index (Phi) is 6.22. The molecular formula is C21H28N4O4. The van der Waals surface area contributed by atoms with Crippen LogP contribution in [0.15, 0.2) is 18.2 Å². The summed E-state index contributed by atoms with van der Waals surface area (Å²) in [5.74, 6) is 0.436. The largest absolute Gasteiger partial charge is 0.491 e. The molecule has 1 aliphatic rings. The number of hydrogen-bond donors (Lipinski definition) is 1. The van der Waals surface area contributed by atoms with Gasteiger partial charge in [-0.1, -0.05) is 0 Å². The molecule has 2 heterocycles. The van der Waals surface area contributed by atoms with Gasteiger partial charge in [0.1, 0.15) is 12.4 Å². The van der Waals surface area contributed by atoms with E-state index < -0.39 is 0 Å². The van der Waals surface area contributed by atoms with Crippen LogP contribution < -0.4 is 10.1 Å². The highest BCUT2D eigenvalue weighted by molar-refractivity contribution is 5.97. The number of aryl methyl sites for hydroxylation is 2. The number of methoxy groups -OCH3 is 1. The number of carbonyl (C=O) groups excluding carboxylic acids is 2. The number of fused-ring (bicyclic) bond motifs is 1. The molecule has 2 amide bonds. The summed E-state index contributed by atoms with van der Waals surface area (Å²) in [6.07, 6.45) is 0. The third-order valence-electron chi connectivity index (χ3n) is 5.25. The van der Waals surface area contributed by atoms with Gasteiger partial charge in [-0.05, 0) is 39.0 Å². The van der Waals surface area contributed by atoms with E-state index in [4.69, 9.17) is 9.47 Å². The molecule has 29 heavy (non-hydrogen) atoms. The second-order valence-electron chi connectivity index (χ2n) is 7.33. The standard InChI is InChI=1S/C21H28N4O4/c1-13-12-29-18-7-6-16(20(26)22-8-9-28-5)10-17(18)11-25(13)21(27)19-14(2)23-24(4)15(19)3/h6-7,10,13H,8-9,11-12H2,1-5H3,(H,22,26)/t13-/m0/s1. The fourth-order valence-electron chi connectivity index (χ4n) is 3.49. The van der Waals surface area contributed by atoms with Gasteiger partial charge < -0.3 is 19.7 Å². The van der Waals surface area contributed by atoms with Gasteiger partial charge in [-0.15, -0.1) is 0 Å². The monoisotopic (exact) mass is 400 g/mol. The van der Waals surface area contributed by atoms with Gasteiger partial charge >= 0.3 is 0 Å². The Labute approximate surface area is 170 Å². The second kappa shape index (κ2) is 8.65. The molecule has 2 aromatic rings. The molecule has 1 aromatic carbocycles. The summed E-state index contributed by atoms with van der Waals surface area (Å²) in [4.78, 5) is 27.5. The van der Waals surface area contributed by atoms with E-state index in [0.29, 0.717) is 48.9 Å². The minimum atomic E-state index is -0.182. The van der Waals surface area contributed by atoms with Gasteiger partial charge in [0.25, 0.3) is 11.8 Å². The van der Waals surface area contributed by atoms with E-state index in [2.05, 4.69) is 10.4 Å². The van der Waals surface area contributed by atoms with Crippen LogP contribution in [0.25, 0.3) is 0 Å². The molecule has 0 spiro atoms. The van der Waals surface area contributed by atoms with Gasteiger partial charge in [0.05, 0.1) is 30.5 Å². The van der Waals surface area contributed by atoms with Crippen LogP contribution in [0, 0.1) is 13.8 Å². The number of carbonyl (C=O) groups is 2. The predicted octanol–water partition coefficient (Wildman–Crippen LogP) is 1.84. The smallest absolute Gasteiger partial charge is 0.258 e. The van der Waals surface area contributed by atoms with Gasteiger partial charge in [-0.2, -0.15) is 5.10 Å². The van der Waals surface area contributed by atoms with E-state index in [1.807, 2.05) is 27.8 Å². The first-order chi connectivity index (χ1) is 13.8. The molecule has 0 bridgehead atoms. The zero-order chi connectivity index (χ0) is 21.1. The average Bonchev–Trinajstić information content (AvgIpc) is 2.85. The zero-order valence-electron chi connectivity index (χ0n) is 17.6. The lowest BCUT2D eigenvalue weighted by molar-refractivity contribution is 0.0644. The summed E-state index contributed by atoms with van der Waals surface area (Å²) in [5, 5.41) is 7.18. The third-order valence-corrected chi connectivity index (χ3v) is 5.25. The number of rotatable bonds is 5. The minimum absolute atomic E-state index is 0.0769. The highest BCUT2D eigenvalue weighted by Gasteiger charge is 2.30. The van der Waals surface area contributed by atoms with E-state index in [1.165, 1.54) is 0 Å². The normalized spacial score (nSPS) is 16.0. The summed E-state index contributed by atoms with van der Waals surface area (Å²) in [7, 11) is 3.42. The van der Waals surface area contributed by atoms with Crippen molar-refractivity contribution in [3.8, 4) is 5.75 Å². The third kappa shape index (κ3) is 4.27. The van der Waals surface area contributed by atoms with Crippen molar-refractivity contribution in [2.45, 2.75) is 33.4 Å². The van der Waals surface area contributed by atoms with Crippen molar-refractivity contribution < 1.29 is 19.1 Å². The number of benzene rings is 1. The number of aromatic nitrogens is 2. The predicted molar refractivity (Wildman–Crippen MR) is 108 cm³/mol. The molecule has 0 unspecified atom stereocenters. The Bertz CT molecular complexity index is 922. The lowest BCUT2D eigenvalue weighted by atomic mass is 10.1. The second-order valence-corrected chi connectivity index (χ2v) is 7.33. The Morgan fingerprint density at radius 1 is 1.34 bits per heavy atom. The molecule has 0 saturated carbocycles. The summed E-state index contributed by atoms with van der Waals surface area (Å²) in [5.41, 5.74) is 3.49. The first kappa shape index (κ1) is 20.9.